The molecule has 1 nitrogen and oxygen atoms in total. The summed E-state index contributed by atoms with van der Waals surface area (Å²) in [5.74, 6) is 0.655. The Hall–Kier alpha value is -0.300. The molecule has 0 spiro atoms. The molecule has 1 heteroatoms. The Bertz CT molecular complexity index is 231. The SMILES string of the molecule is CC1CC(O)C=C2CCCCC21C. The molecule has 0 bridgehead atoms. The molecule has 2 aliphatic rings. The summed E-state index contributed by atoms with van der Waals surface area (Å²) in [6.07, 6.45) is 8.15. The minimum atomic E-state index is -0.170. The summed E-state index contributed by atoms with van der Waals surface area (Å²) in [7, 11) is 0. The Balaban J connectivity index is 2.30. The topological polar surface area (TPSA) is 20.2 Å². The van der Waals surface area contributed by atoms with E-state index in [4.69, 9.17) is 0 Å². The third-order valence-electron chi connectivity index (χ3n) is 4.20. The van der Waals surface area contributed by atoms with Crippen molar-refractivity contribution < 1.29 is 5.11 Å². The van der Waals surface area contributed by atoms with Gasteiger partial charge in [0.2, 0.25) is 0 Å². The summed E-state index contributed by atoms with van der Waals surface area (Å²) < 4.78 is 0. The van der Waals surface area contributed by atoms with E-state index in [1.165, 1.54) is 31.3 Å². The number of allylic oxidation sites excluding steroid dienone is 1. The second-order valence-electron chi connectivity index (χ2n) is 5.02. The second kappa shape index (κ2) is 3.13. The number of fused-ring (bicyclic) bond motifs is 1. The first-order chi connectivity index (χ1) is 6.13. The van der Waals surface area contributed by atoms with Gasteiger partial charge in [-0.2, -0.15) is 0 Å². The number of aliphatic hydroxyl groups excluding tert-OH is 1. The van der Waals surface area contributed by atoms with Gasteiger partial charge in [0.15, 0.2) is 0 Å². The van der Waals surface area contributed by atoms with Gasteiger partial charge in [-0.1, -0.05) is 31.9 Å². The molecule has 0 aromatic rings. The lowest BCUT2D eigenvalue weighted by Gasteiger charge is -2.45. The van der Waals surface area contributed by atoms with E-state index in [0.717, 1.165) is 6.42 Å². The first-order valence-corrected chi connectivity index (χ1v) is 5.52. The van der Waals surface area contributed by atoms with Crippen molar-refractivity contribution in [3.63, 3.8) is 0 Å². The van der Waals surface area contributed by atoms with Crippen LogP contribution in [0, 0.1) is 11.3 Å². The largest absolute Gasteiger partial charge is 0.389 e. The fourth-order valence-corrected chi connectivity index (χ4v) is 3.01. The molecule has 0 aromatic heterocycles. The fourth-order valence-electron chi connectivity index (χ4n) is 3.01. The Morgan fingerprint density at radius 1 is 1.46 bits per heavy atom. The zero-order chi connectivity index (χ0) is 9.47. The zero-order valence-electron chi connectivity index (χ0n) is 8.71. The summed E-state index contributed by atoms with van der Waals surface area (Å²) in [5.41, 5.74) is 1.95. The van der Waals surface area contributed by atoms with Crippen LogP contribution in [0.2, 0.25) is 0 Å². The first kappa shape index (κ1) is 9.26. The Kier molecular flexibility index (Phi) is 2.23. The zero-order valence-corrected chi connectivity index (χ0v) is 8.71. The van der Waals surface area contributed by atoms with E-state index in [-0.39, 0.29) is 6.10 Å². The van der Waals surface area contributed by atoms with Gasteiger partial charge in [-0.15, -0.1) is 0 Å². The van der Waals surface area contributed by atoms with Crippen LogP contribution in [0.5, 0.6) is 0 Å². The summed E-state index contributed by atoms with van der Waals surface area (Å²) >= 11 is 0. The van der Waals surface area contributed by atoms with Crippen molar-refractivity contribution in [3.05, 3.63) is 11.6 Å². The van der Waals surface area contributed by atoms with Crippen LogP contribution < -0.4 is 0 Å². The molecule has 1 fully saturated rings. The molecule has 0 heterocycles. The molecule has 0 aliphatic heterocycles. The minimum absolute atomic E-state index is 0.170. The van der Waals surface area contributed by atoms with E-state index in [0.29, 0.717) is 11.3 Å². The van der Waals surface area contributed by atoms with Crippen molar-refractivity contribution in [2.24, 2.45) is 11.3 Å². The first-order valence-electron chi connectivity index (χ1n) is 5.52. The normalized spacial score (nSPS) is 45.3. The van der Waals surface area contributed by atoms with E-state index >= 15 is 0 Å². The Morgan fingerprint density at radius 3 is 3.00 bits per heavy atom. The van der Waals surface area contributed by atoms with Gasteiger partial charge in [-0.3, -0.25) is 0 Å². The van der Waals surface area contributed by atoms with Gasteiger partial charge in [0.25, 0.3) is 0 Å². The predicted octanol–water partition coefficient (Wildman–Crippen LogP) is 2.89. The van der Waals surface area contributed by atoms with E-state index in [9.17, 15) is 5.11 Å². The molecule has 0 saturated heterocycles. The lowest BCUT2D eigenvalue weighted by Crippen LogP contribution is -2.36. The van der Waals surface area contributed by atoms with Crippen molar-refractivity contribution in [2.75, 3.05) is 0 Å². The molecule has 74 valence electrons. The molecule has 3 unspecified atom stereocenters. The number of hydrogen-bond acceptors (Lipinski definition) is 1. The molecule has 0 amide bonds. The monoisotopic (exact) mass is 180 g/mol. The molecule has 2 aliphatic carbocycles. The number of rotatable bonds is 0. The summed E-state index contributed by atoms with van der Waals surface area (Å²) in [5, 5.41) is 9.66. The maximum absolute atomic E-state index is 9.66. The second-order valence-corrected chi connectivity index (χ2v) is 5.02. The van der Waals surface area contributed by atoms with Crippen LogP contribution in [-0.2, 0) is 0 Å². The van der Waals surface area contributed by atoms with Crippen molar-refractivity contribution in [3.8, 4) is 0 Å². The standard InChI is InChI=1S/C12H20O/c1-9-7-11(13)8-10-5-3-4-6-12(9,10)2/h8-9,11,13H,3-7H2,1-2H3. The Morgan fingerprint density at radius 2 is 2.23 bits per heavy atom. The molecular weight excluding hydrogens is 160 g/mol. The minimum Gasteiger partial charge on any atom is -0.389 e. The van der Waals surface area contributed by atoms with Gasteiger partial charge >= 0.3 is 0 Å². The van der Waals surface area contributed by atoms with Gasteiger partial charge in [-0.25, -0.2) is 0 Å². The molecule has 0 radical (unpaired) electrons. The van der Waals surface area contributed by atoms with Gasteiger partial charge in [-0.05, 0) is 37.0 Å². The highest BCUT2D eigenvalue weighted by atomic mass is 16.3. The average Bonchev–Trinajstić information content (AvgIpc) is 2.07. The van der Waals surface area contributed by atoms with Crippen molar-refractivity contribution in [1.82, 2.24) is 0 Å². The number of aliphatic hydroxyl groups is 1. The van der Waals surface area contributed by atoms with E-state index < -0.39 is 0 Å². The molecule has 3 atom stereocenters. The van der Waals surface area contributed by atoms with Crippen LogP contribution in [0.15, 0.2) is 11.6 Å². The number of hydrogen-bond donors (Lipinski definition) is 1. The van der Waals surface area contributed by atoms with Gasteiger partial charge in [0.1, 0.15) is 0 Å². The van der Waals surface area contributed by atoms with Crippen LogP contribution in [0.3, 0.4) is 0 Å². The maximum Gasteiger partial charge on any atom is 0.0726 e. The predicted molar refractivity (Wildman–Crippen MR) is 54.4 cm³/mol. The Labute approximate surface area is 80.8 Å². The van der Waals surface area contributed by atoms with E-state index in [2.05, 4.69) is 19.9 Å². The molecule has 1 saturated carbocycles. The van der Waals surface area contributed by atoms with Crippen molar-refractivity contribution in [2.45, 2.75) is 52.1 Å². The van der Waals surface area contributed by atoms with Crippen LogP contribution in [-0.4, -0.2) is 11.2 Å². The van der Waals surface area contributed by atoms with Crippen molar-refractivity contribution >= 4 is 0 Å². The van der Waals surface area contributed by atoms with Crippen LogP contribution in [0.25, 0.3) is 0 Å². The van der Waals surface area contributed by atoms with Gasteiger partial charge < -0.3 is 5.11 Å². The summed E-state index contributed by atoms with van der Waals surface area (Å²) in [4.78, 5) is 0. The highest BCUT2D eigenvalue weighted by Gasteiger charge is 2.40. The van der Waals surface area contributed by atoms with Crippen LogP contribution in [0.4, 0.5) is 0 Å². The van der Waals surface area contributed by atoms with Gasteiger partial charge in [0.05, 0.1) is 6.10 Å². The van der Waals surface area contributed by atoms with Crippen LogP contribution in [0.1, 0.15) is 46.0 Å². The molecule has 0 aromatic carbocycles. The van der Waals surface area contributed by atoms with Gasteiger partial charge in [0, 0.05) is 0 Å². The highest BCUT2D eigenvalue weighted by Crippen LogP contribution is 2.50. The molecule has 1 N–H and O–H groups in total. The van der Waals surface area contributed by atoms with Crippen molar-refractivity contribution in [1.29, 1.82) is 0 Å². The molecular formula is C12H20O. The fraction of sp³-hybridized carbons (Fsp3) is 0.833. The average molecular weight is 180 g/mol. The maximum atomic E-state index is 9.66. The summed E-state index contributed by atoms with van der Waals surface area (Å²) in [6.45, 7) is 4.68. The molecule has 2 rings (SSSR count). The summed E-state index contributed by atoms with van der Waals surface area (Å²) in [6, 6.07) is 0. The van der Waals surface area contributed by atoms with E-state index in [1.54, 1.807) is 0 Å². The highest BCUT2D eigenvalue weighted by molar-refractivity contribution is 5.22. The quantitative estimate of drug-likeness (QED) is 0.568. The third-order valence-corrected chi connectivity index (χ3v) is 4.20. The smallest absolute Gasteiger partial charge is 0.0726 e. The third kappa shape index (κ3) is 1.43. The van der Waals surface area contributed by atoms with E-state index in [1.807, 2.05) is 0 Å². The lowest BCUT2D eigenvalue weighted by molar-refractivity contribution is 0.100. The lowest BCUT2D eigenvalue weighted by atomic mass is 9.60. The molecule has 13 heavy (non-hydrogen) atoms. The van der Waals surface area contributed by atoms with Crippen LogP contribution >= 0.6 is 0 Å².